The second-order valence-corrected chi connectivity index (χ2v) is 4.01. The largest absolute Gasteiger partial charge is 0.465 e. The number of methoxy groups -OCH3 is 1. The van der Waals surface area contributed by atoms with Crippen LogP contribution in [0.3, 0.4) is 0 Å². The molecular formula is C14H13NO4. The Kier molecular flexibility index (Phi) is 3.66. The van der Waals surface area contributed by atoms with E-state index in [0.29, 0.717) is 11.3 Å². The van der Waals surface area contributed by atoms with Gasteiger partial charge in [-0.05, 0) is 36.8 Å². The molecule has 98 valence electrons. The lowest BCUT2D eigenvalue weighted by molar-refractivity contribution is 0.0600. The number of amides is 1. The van der Waals surface area contributed by atoms with Crippen LogP contribution in [-0.2, 0) is 4.74 Å². The fourth-order valence-electron chi connectivity index (χ4n) is 1.58. The van der Waals surface area contributed by atoms with Crippen molar-refractivity contribution in [1.82, 2.24) is 0 Å². The van der Waals surface area contributed by atoms with Gasteiger partial charge in [-0.3, -0.25) is 4.79 Å². The maximum absolute atomic E-state index is 11.9. The molecule has 1 amide bonds. The molecular weight excluding hydrogens is 246 g/mol. The molecule has 0 fully saturated rings. The summed E-state index contributed by atoms with van der Waals surface area (Å²) in [5, 5.41) is 2.65. The average molecular weight is 259 g/mol. The van der Waals surface area contributed by atoms with Gasteiger partial charge in [0.15, 0.2) is 5.76 Å². The van der Waals surface area contributed by atoms with Gasteiger partial charge in [0, 0.05) is 5.69 Å². The third kappa shape index (κ3) is 3.01. The molecule has 0 radical (unpaired) electrons. The lowest BCUT2D eigenvalue weighted by Gasteiger charge is -2.05. The Hall–Kier alpha value is -2.56. The number of rotatable bonds is 3. The van der Waals surface area contributed by atoms with Crippen LogP contribution in [0.2, 0.25) is 0 Å². The number of furan rings is 1. The maximum Gasteiger partial charge on any atom is 0.337 e. The quantitative estimate of drug-likeness (QED) is 0.860. The first-order valence-corrected chi connectivity index (χ1v) is 5.65. The SMILES string of the molecule is COC(=O)c1cccc(NC(=O)c2cc(C)co2)c1. The van der Waals surface area contributed by atoms with Crippen molar-refractivity contribution in [1.29, 1.82) is 0 Å². The van der Waals surface area contributed by atoms with Crippen LogP contribution in [-0.4, -0.2) is 19.0 Å². The van der Waals surface area contributed by atoms with E-state index in [2.05, 4.69) is 10.1 Å². The Bertz CT molecular complexity index is 615. The summed E-state index contributed by atoms with van der Waals surface area (Å²) in [4.78, 5) is 23.2. The van der Waals surface area contributed by atoms with Crippen molar-refractivity contribution in [3.8, 4) is 0 Å². The Morgan fingerprint density at radius 1 is 1.26 bits per heavy atom. The monoisotopic (exact) mass is 259 g/mol. The minimum Gasteiger partial charge on any atom is -0.465 e. The molecule has 0 bridgehead atoms. The lowest BCUT2D eigenvalue weighted by atomic mass is 10.2. The van der Waals surface area contributed by atoms with Gasteiger partial charge in [0.25, 0.3) is 5.91 Å². The molecule has 0 saturated carbocycles. The zero-order valence-electron chi connectivity index (χ0n) is 10.6. The Morgan fingerprint density at radius 3 is 2.68 bits per heavy atom. The van der Waals surface area contributed by atoms with Gasteiger partial charge in [-0.15, -0.1) is 0 Å². The predicted molar refractivity (Wildman–Crippen MR) is 69.2 cm³/mol. The number of anilines is 1. The van der Waals surface area contributed by atoms with E-state index in [1.54, 1.807) is 30.3 Å². The summed E-state index contributed by atoms with van der Waals surface area (Å²) < 4.78 is 9.71. The number of benzene rings is 1. The van der Waals surface area contributed by atoms with Gasteiger partial charge in [-0.2, -0.15) is 0 Å². The predicted octanol–water partition coefficient (Wildman–Crippen LogP) is 2.63. The summed E-state index contributed by atoms with van der Waals surface area (Å²) in [6.07, 6.45) is 1.50. The van der Waals surface area contributed by atoms with Crippen LogP contribution < -0.4 is 5.32 Å². The molecule has 5 nitrogen and oxygen atoms in total. The molecule has 0 spiro atoms. The molecule has 0 unspecified atom stereocenters. The highest BCUT2D eigenvalue weighted by Crippen LogP contribution is 2.14. The number of hydrogen-bond acceptors (Lipinski definition) is 4. The first-order valence-electron chi connectivity index (χ1n) is 5.65. The van der Waals surface area contributed by atoms with Gasteiger partial charge in [0.1, 0.15) is 0 Å². The highest BCUT2D eigenvalue weighted by atomic mass is 16.5. The second kappa shape index (κ2) is 5.39. The number of nitrogens with one attached hydrogen (secondary N) is 1. The average Bonchev–Trinajstić information content (AvgIpc) is 2.85. The highest BCUT2D eigenvalue weighted by Gasteiger charge is 2.11. The zero-order valence-corrected chi connectivity index (χ0v) is 10.6. The van der Waals surface area contributed by atoms with Crippen molar-refractivity contribution in [3.05, 3.63) is 53.5 Å². The summed E-state index contributed by atoms with van der Waals surface area (Å²) in [5.74, 6) is -0.596. The number of carbonyl (C=O) groups excluding carboxylic acids is 2. The highest BCUT2D eigenvalue weighted by molar-refractivity contribution is 6.03. The van der Waals surface area contributed by atoms with Crippen molar-refractivity contribution in [2.24, 2.45) is 0 Å². The van der Waals surface area contributed by atoms with Gasteiger partial charge in [-0.25, -0.2) is 4.79 Å². The summed E-state index contributed by atoms with van der Waals surface area (Å²) in [6, 6.07) is 8.13. The number of ether oxygens (including phenoxy) is 1. The van der Waals surface area contributed by atoms with E-state index in [1.807, 2.05) is 6.92 Å². The van der Waals surface area contributed by atoms with Crippen molar-refractivity contribution >= 4 is 17.6 Å². The lowest BCUT2D eigenvalue weighted by Crippen LogP contribution is -2.11. The zero-order chi connectivity index (χ0) is 13.8. The van der Waals surface area contributed by atoms with Crippen molar-refractivity contribution in [2.45, 2.75) is 6.92 Å². The van der Waals surface area contributed by atoms with Crippen LogP contribution in [0.15, 0.2) is 41.0 Å². The van der Waals surface area contributed by atoms with Gasteiger partial charge in [-0.1, -0.05) is 6.07 Å². The van der Waals surface area contributed by atoms with Gasteiger partial charge in [0.05, 0.1) is 18.9 Å². The van der Waals surface area contributed by atoms with E-state index in [4.69, 9.17) is 4.42 Å². The smallest absolute Gasteiger partial charge is 0.337 e. The fourth-order valence-corrected chi connectivity index (χ4v) is 1.58. The normalized spacial score (nSPS) is 10.0. The van der Waals surface area contributed by atoms with E-state index in [-0.39, 0.29) is 11.7 Å². The van der Waals surface area contributed by atoms with Gasteiger partial charge >= 0.3 is 5.97 Å². The van der Waals surface area contributed by atoms with Crippen LogP contribution in [0.25, 0.3) is 0 Å². The third-order valence-corrected chi connectivity index (χ3v) is 2.50. The second-order valence-electron chi connectivity index (χ2n) is 4.01. The molecule has 0 aliphatic rings. The molecule has 0 saturated heterocycles. The van der Waals surface area contributed by atoms with Crippen LogP contribution in [0.1, 0.15) is 26.5 Å². The topological polar surface area (TPSA) is 68.5 Å². The molecule has 1 N–H and O–H groups in total. The molecule has 5 heteroatoms. The summed E-state index contributed by atoms with van der Waals surface area (Å²) in [6.45, 7) is 1.83. The molecule has 2 aromatic rings. The van der Waals surface area contributed by atoms with Crippen LogP contribution in [0, 0.1) is 6.92 Å². The van der Waals surface area contributed by atoms with Crippen LogP contribution in [0.4, 0.5) is 5.69 Å². The Labute approximate surface area is 110 Å². The van der Waals surface area contributed by atoms with Gasteiger partial charge in [0.2, 0.25) is 0 Å². The Morgan fingerprint density at radius 2 is 2.05 bits per heavy atom. The summed E-state index contributed by atoms with van der Waals surface area (Å²) in [7, 11) is 1.30. The third-order valence-electron chi connectivity index (χ3n) is 2.50. The summed E-state index contributed by atoms with van der Waals surface area (Å²) in [5.41, 5.74) is 1.74. The molecule has 1 aromatic heterocycles. The van der Waals surface area contributed by atoms with E-state index < -0.39 is 5.97 Å². The van der Waals surface area contributed by atoms with E-state index in [9.17, 15) is 9.59 Å². The molecule has 0 atom stereocenters. The van der Waals surface area contributed by atoms with E-state index in [1.165, 1.54) is 13.4 Å². The molecule has 1 aromatic carbocycles. The van der Waals surface area contributed by atoms with Crippen LogP contribution in [0.5, 0.6) is 0 Å². The first kappa shape index (κ1) is 12.9. The molecule has 1 heterocycles. The number of hydrogen-bond donors (Lipinski definition) is 1. The molecule has 19 heavy (non-hydrogen) atoms. The standard InChI is InChI=1S/C14H13NO4/c1-9-6-12(19-8-9)13(16)15-11-5-3-4-10(7-11)14(17)18-2/h3-8H,1-2H3,(H,15,16). The Balaban J connectivity index is 2.15. The minimum atomic E-state index is -0.454. The molecule has 0 aliphatic carbocycles. The summed E-state index contributed by atoms with van der Waals surface area (Å²) >= 11 is 0. The van der Waals surface area contributed by atoms with Crippen molar-refractivity contribution < 1.29 is 18.7 Å². The first-order chi connectivity index (χ1) is 9.10. The maximum atomic E-state index is 11.9. The number of esters is 1. The van der Waals surface area contributed by atoms with Crippen LogP contribution >= 0.6 is 0 Å². The fraction of sp³-hybridized carbons (Fsp3) is 0.143. The minimum absolute atomic E-state index is 0.223. The number of aryl methyl sites for hydroxylation is 1. The van der Waals surface area contributed by atoms with Crippen molar-refractivity contribution in [3.63, 3.8) is 0 Å². The molecule has 2 rings (SSSR count). The van der Waals surface area contributed by atoms with E-state index >= 15 is 0 Å². The van der Waals surface area contributed by atoms with E-state index in [0.717, 1.165) is 5.56 Å². The molecule has 0 aliphatic heterocycles. The van der Waals surface area contributed by atoms with Crippen molar-refractivity contribution in [2.75, 3.05) is 12.4 Å². The number of carbonyl (C=O) groups is 2. The van der Waals surface area contributed by atoms with Gasteiger partial charge < -0.3 is 14.5 Å².